The van der Waals surface area contributed by atoms with Gasteiger partial charge in [-0.05, 0) is 54.5 Å². The van der Waals surface area contributed by atoms with Crippen LogP contribution in [0.5, 0.6) is 0 Å². The Balaban J connectivity index is 1.94. The molecular weight excluding hydrogens is 690 g/mol. The zero-order valence-corrected chi connectivity index (χ0v) is 30.1. The summed E-state index contributed by atoms with van der Waals surface area (Å²) in [5.74, 6) is -8.40. The van der Waals surface area contributed by atoms with Crippen LogP contribution in [-0.4, -0.2) is 87.9 Å². The van der Waals surface area contributed by atoms with E-state index in [1.165, 1.54) is 0 Å². The smallest absolute Gasteiger partial charge is 0.326 e. The van der Waals surface area contributed by atoms with Crippen LogP contribution < -0.4 is 37.2 Å². The molecule has 2 aromatic rings. The van der Waals surface area contributed by atoms with Gasteiger partial charge in [0.1, 0.15) is 30.2 Å². The van der Waals surface area contributed by atoms with E-state index in [1.807, 2.05) is 19.1 Å². The van der Waals surface area contributed by atoms with Crippen LogP contribution in [0.25, 0.3) is 0 Å². The second kappa shape index (κ2) is 19.0. The number of carbonyl (C=O) groups excluding carboxylic acids is 6. The van der Waals surface area contributed by atoms with Crippen LogP contribution >= 0.6 is 0 Å². The predicted molar refractivity (Wildman–Crippen MR) is 192 cm³/mol. The summed E-state index contributed by atoms with van der Waals surface area (Å²) in [5, 5.41) is 36.9. The van der Waals surface area contributed by atoms with Gasteiger partial charge in [-0.25, -0.2) is 9.59 Å². The molecule has 3 rings (SSSR count). The predicted octanol–water partition coefficient (Wildman–Crippen LogP) is 1.27. The number of anilines is 2. The normalized spacial score (nSPS) is 21.8. The summed E-state index contributed by atoms with van der Waals surface area (Å²) in [6.07, 6.45) is -1.74. The molecule has 7 amide bonds. The van der Waals surface area contributed by atoms with E-state index in [9.17, 15) is 48.6 Å². The molecule has 17 nitrogen and oxygen atoms in total. The number of carboxylic acid groups (broad SMARTS) is 2. The van der Waals surface area contributed by atoms with Crippen LogP contribution in [0, 0.1) is 18.8 Å². The number of rotatable bonds is 10. The van der Waals surface area contributed by atoms with Gasteiger partial charge in [-0.2, -0.15) is 0 Å². The maximum absolute atomic E-state index is 13.8. The molecule has 9 N–H and O–H groups in total. The van der Waals surface area contributed by atoms with Gasteiger partial charge in [-0.1, -0.05) is 58.0 Å². The molecule has 0 radical (unpaired) electrons. The van der Waals surface area contributed by atoms with Gasteiger partial charge in [0, 0.05) is 17.8 Å². The summed E-state index contributed by atoms with van der Waals surface area (Å²) in [5.41, 5.74) is 2.41. The summed E-state index contributed by atoms with van der Waals surface area (Å²) in [4.78, 5) is 103. The van der Waals surface area contributed by atoms with Gasteiger partial charge in [0.05, 0.1) is 12.8 Å². The highest BCUT2D eigenvalue weighted by molar-refractivity contribution is 6.00. The average Bonchev–Trinajstić information content (AvgIpc) is 3.06. The van der Waals surface area contributed by atoms with E-state index >= 15 is 0 Å². The number of hydrogen-bond donors (Lipinski definition) is 9. The Kier molecular flexibility index (Phi) is 14.9. The second-order valence-corrected chi connectivity index (χ2v) is 13.6. The Bertz CT molecular complexity index is 1700. The van der Waals surface area contributed by atoms with E-state index in [-0.39, 0.29) is 18.8 Å². The van der Waals surface area contributed by atoms with Crippen molar-refractivity contribution in [2.24, 2.45) is 11.8 Å². The topological polar surface area (TPSA) is 261 Å². The highest BCUT2D eigenvalue weighted by atomic mass is 16.4. The number of benzene rings is 2. The highest BCUT2D eigenvalue weighted by Crippen LogP contribution is 2.16. The number of urea groups is 1. The molecule has 1 heterocycles. The van der Waals surface area contributed by atoms with E-state index in [4.69, 9.17) is 0 Å². The summed E-state index contributed by atoms with van der Waals surface area (Å²) < 4.78 is 0. The summed E-state index contributed by atoms with van der Waals surface area (Å²) in [6, 6.07) is 5.64. The molecule has 0 aromatic heterocycles. The second-order valence-electron chi connectivity index (χ2n) is 13.6. The van der Waals surface area contributed by atoms with E-state index in [0.29, 0.717) is 16.9 Å². The molecule has 1 aliphatic heterocycles. The van der Waals surface area contributed by atoms with Gasteiger partial charge in [0.15, 0.2) is 0 Å². The average molecular weight is 738 g/mol. The van der Waals surface area contributed by atoms with Crippen molar-refractivity contribution in [1.29, 1.82) is 0 Å². The standard InChI is InChI=1S/C36H47N7O10/c1-18(2)14-24-31(47)40-26(17-29(45)46)33(49)43-30(19(3)4)34(50)41-27(35(51)52)16-28(44)38-25(32(48)39-24)15-21-10-12-22(13-11-21)37-36(53)42-23-9-7-6-8-20(23)5/h6-13,18-19,24-27,30H,14-17H2,1-5H3,(H,38,44)(H,39,48)(H,40,47)(H,41,50)(H,43,49)(H,45,46)(H,51,52)(H2,37,42,53)/t24-,25-,26-,27+,30-/m0/s1. The molecule has 286 valence electrons. The molecule has 17 heteroatoms. The molecule has 0 unspecified atom stereocenters. The Morgan fingerprint density at radius 1 is 0.736 bits per heavy atom. The van der Waals surface area contributed by atoms with Crippen molar-refractivity contribution in [2.75, 3.05) is 10.6 Å². The lowest BCUT2D eigenvalue weighted by atomic mass is 9.99. The van der Waals surface area contributed by atoms with Crippen molar-refractivity contribution in [3.8, 4) is 0 Å². The van der Waals surface area contributed by atoms with Crippen LogP contribution in [0.2, 0.25) is 0 Å². The molecule has 53 heavy (non-hydrogen) atoms. The van der Waals surface area contributed by atoms with E-state index < -0.39 is 96.5 Å². The fourth-order valence-electron chi connectivity index (χ4n) is 5.49. The Hall–Kier alpha value is -6.00. The van der Waals surface area contributed by atoms with Gasteiger partial charge < -0.3 is 47.4 Å². The molecule has 2 aromatic carbocycles. The van der Waals surface area contributed by atoms with Gasteiger partial charge >= 0.3 is 18.0 Å². The fraction of sp³-hybridized carbons (Fsp3) is 0.444. The maximum Gasteiger partial charge on any atom is 0.326 e. The van der Waals surface area contributed by atoms with E-state index in [1.54, 1.807) is 64.1 Å². The van der Waals surface area contributed by atoms with Crippen molar-refractivity contribution >= 4 is 58.9 Å². The quantitative estimate of drug-likeness (QED) is 0.169. The number of para-hydroxylation sites is 1. The minimum Gasteiger partial charge on any atom is -0.481 e. The number of carbonyl (C=O) groups is 8. The van der Waals surface area contributed by atoms with Crippen molar-refractivity contribution in [3.05, 3.63) is 59.7 Å². The lowest BCUT2D eigenvalue weighted by Gasteiger charge is -2.29. The first-order valence-corrected chi connectivity index (χ1v) is 17.1. The zero-order valence-electron chi connectivity index (χ0n) is 30.1. The van der Waals surface area contributed by atoms with Crippen LogP contribution in [0.3, 0.4) is 0 Å². The van der Waals surface area contributed by atoms with Gasteiger partial charge in [0.2, 0.25) is 29.5 Å². The molecule has 1 aliphatic rings. The first-order valence-electron chi connectivity index (χ1n) is 17.1. The number of nitrogens with one attached hydrogen (secondary N) is 7. The van der Waals surface area contributed by atoms with Crippen molar-refractivity contribution in [2.45, 2.75) is 90.5 Å². The monoisotopic (exact) mass is 737 g/mol. The van der Waals surface area contributed by atoms with Crippen molar-refractivity contribution in [1.82, 2.24) is 26.6 Å². The van der Waals surface area contributed by atoms with Crippen molar-refractivity contribution in [3.63, 3.8) is 0 Å². The first kappa shape index (κ1) is 41.4. The van der Waals surface area contributed by atoms with Crippen LogP contribution in [0.15, 0.2) is 48.5 Å². The molecule has 0 aliphatic carbocycles. The molecule has 0 saturated carbocycles. The number of aliphatic carboxylic acids is 2. The lowest BCUT2D eigenvalue weighted by molar-refractivity contribution is -0.145. The SMILES string of the molecule is Cc1ccccc1NC(=O)Nc1ccc(C[C@@H]2NC(=O)C[C@H](C(=O)O)NC(=O)[C@H](C(C)C)NC(=O)[C@H](CC(=O)O)NC(=O)[C@H](CC(C)C)NC2=O)cc1. The molecule has 0 spiro atoms. The minimum atomic E-state index is -1.77. The number of carboxylic acids is 2. The Morgan fingerprint density at radius 3 is 1.92 bits per heavy atom. The Labute approximate surface area is 306 Å². The van der Waals surface area contributed by atoms with Crippen LogP contribution in [0.4, 0.5) is 16.2 Å². The number of aryl methyl sites for hydroxylation is 1. The molecule has 1 fully saturated rings. The fourth-order valence-corrected chi connectivity index (χ4v) is 5.49. The van der Waals surface area contributed by atoms with Gasteiger partial charge in [-0.15, -0.1) is 0 Å². The van der Waals surface area contributed by atoms with E-state index in [2.05, 4.69) is 37.2 Å². The summed E-state index contributed by atoms with van der Waals surface area (Å²) in [6.45, 7) is 8.50. The largest absolute Gasteiger partial charge is 0.481 e. The first-order chi connectivity index (χ1) is 24.9. The third kappa shape index (κ3) is 12.9. The maximum atomic E-state index is 13.8. The molecule has 1 saturated heterocycles. The van der Waals surface area contributed by atoms with Gasteiger partial charge in [0.25, 0.3) is 0 Å². The van der Waals surface area contributed by atoms with E-state index in [0.717, 1.165) is 5.56 Å². The van der Waals surface area contributed by atoms with Crippen LogP contribution in [0.1, 0.15) is 58.1 Å². The lowest BCUT2D eigenvalue weighted by Crippen LogP contribution is -2.61. The number of amides is 7. The minimum absolute atomic E-state index is 0.0582. The zero-order chi connectivity index (χ0) is 39.4. The molecular formula is C36H47N7O10. The molecule has 5 atom stereocenters. The summed E-state index contributed by atoms with van der Waals surface area (Å²) >= 11 is 0. The number of hydrogen-bond acceptors (Lipinski definition) is 8. The third-order valence-corrected chi connectivity index (χ3v) is 8.30. The molecule has 0 bridgehead atoms. The van der Waals surface area contributed by atoms with Crippen molar-refractivity contribution < 1.29 is 48.6 Å². The third-order valence-electron chi connectivity index (χ3n) is 8.30. The van der Waals surface area contributed by atoms with Gasteiger partial charge in [-0.3, -0.25) is 28.8 Å². The summed E-state index contributed by atoms with van der Waals surface area (Å²) in [7, 11) is 0. The van der Waals surface area contributed by atoms with Crippen LogP contribution in [-0.2, 0) is 40.0 Å². The Morgan fingerprint density at radius 2 is 1.34 bits per heavy atom. The highest BCUT2D eigenvalue weighted by Gasteiger charge is 2.36.